The molecule has 0 atom stereocenters. The van der Waals surface area contributed by atoms with Gasteiger partial charge in [0.2, 0.25) is 0 Å². The Balaban J connectivity index is 1.98. The summed E-state index contributed by atoms with van der Waals surface area (Å²) in [7, 11) is 0. The Morgan fingerprint density at radius 1 is 1.47 bits per heavy atom. The molecule has 0 radical (unpaired) electrons. The van der Waals surface area contributed by atoms with E-state index in [-0.39, 0.29) is 0 Å². The van der Waals surface area contributed by atoms with E-state index in [4.69, 9.17) is 11.6 Å². The summed E-state index contributed by atoms with van der Waals surface area (Å²) in [5, 5.41) is 14.0. The summed E-state index contributed by atoms with van der Waals surface area (Å²) in [6.07, 6.45) is 2.96. The van der Waals surface area contributed by atoms with E-state index in [0.29, 0.717) is 6.54 Å². The Morgan fingerprint density at radius 2 is 2.20 bits per heavy atom. The van der Waals surface area contributed by atoms with Crippen molar-refractivity contribution in [3.05, 3.63) is 28.8 Å². The van der Waals surface area contributed by atoms with Crippen molar-refractivity contribution in [2.45, 2.75) is 31.8 Å². The van der Waals surface area contributed by atoms with Gasteiger partial charge in [0.25, 0.3) is 0 Å². The number of anilines is 1. The fourth-order valence-electron chi connectivity index (χ4n) is 1.85. The fourth-order valence-corrected chi connectivity index (χ4v) is 2.07. The van der Waals surface area contributed by atoms with Gasteiger partial charge in [0.1, 0.15) is 0 Å². The van der Waals surface area contributed by atoms with Gasteiger partial charge in [-0.1, -0.05) is 11.6 Å². The number of rotatable bonds is 3. The van der Waals surface area contributed by atoms with Crippen LogP contribution in [0, 0.1) is 6.92 Å². The van der Waals surface area contributed by atoms with Crippen molar-refractivity contribution in [1.29, 1.82) is 0 Å². The molecule has 1 aliphatic carbocycles. The highest BCUT2D eigenvalue weighted by molar-refractivity contribution is 6.30. The zero-order valence-electron chi connectivity index (χ0n) is 8.89. The number of aliphatic hydroxyl groups is 1. The number of benzene rings is 1. The number of halogens is 1. The standard InChI is InChI=1S/C12H16ClNO/c1-9-7-10(13)3-4-11(9)14-8-12(15)5-2-6-12/h3-4,7,14-15H,2,5-6,8H2,1H3. The van der Waals surface area contributed by atoms with Gasteiger partial charge in [-0.2, -0.15) is 0 Å². The zero-order valence-corrected chi connectivity index (χ0v) is 9.64. The van der Waals surface area contributed by atoms with Crippen LogP contribution in [0.1, 0.15) is 24.8 Å². The minimum atomic E-state index is -0.480. The van der Waals surface area contributed by atoms with E-state index in [1.54, 1.807) is 0 Å². The lowest BCUT2D eigenvalue weighted by molar-refractivity contribution is -0.0202. The molecule has 0 saturated heterocycles. The van der Waals surface area contributed by atoms with Crippen molar-refractivity contribution in [2.24, 2.45) is 0 Å². The normalized spacial score (nSPS) is 18.3. The van der Waals surface area contributed by atoms with E-state index >= 15 is 0 Å². The topological polar surface area (TPSA) is 32.3 Å². The summed E-state index contributed by atoms with van der Waals surface area (Å²) in [6, 6.07) is 5.75. The molecule has 0 unspecified atom stereocenters. The van der Waals surface area contributed by atoms with Crippen molar-refractivity contribution in [1.82, 2.24) is 0 Å². The molecule has 3 heteroatoms. The van der Waals surface area contributed by atoms with E-state index < -0.39 is 5.60 Å². The summed E-state index contributed by atoms with van der Waals surface area (Å²) in [5.41, 5.74) is 1.69. The molecule has 1 saturated carbocycles. The molecule has 2 rings (SSSR count). The summed E-state index contributed by atoms with van der Waals surface area (Å²) in [4.78, 5) is 0. The molecule has 0 heterocycles. The van der Waals surface area contributed by atoms with Gasteiger partial charge in [-0.15, -0.1) is 0 Å². The first-order valence-corrected chi connectivity index (χ1v) is 5.69. The highest BCUT2D eigenvalue weighted by atomic mass is 35.5. The molecule has 0 amide bonds. The number of hydrogen-bond donors (Lipinski definition) is 2. The van der Waals surface area contributed by atoms with Crippen LogP contribution in [0.25, 0.3) is 0 Å². The number of aryl methyl sites for hydroxylation is 1. The van der Waals surface area contributed by atoms with Gasteiger partial charge in [-0.25, -0.2) is 0 Å². The molecule has 2 nitrogen and oxygen atoms in total. The molecule has 2 N–H and O–H groups in total. The maximum absolute atomic E-state index is 9.93. The Labute approximate surface area is 95.3 Å². The average Bonchev–Trinajstić information content (AvgIpc) is 2.14. The minimum Gasteiger partial charge on any atom is -0.388 e. The first-order valence-electron chi connectivity index (χ1n) is 5.31. The van der Waals surface area contributed by atoms with Gasteiger partial charge in [0.15, 0.2) is 0 Å². The predicted molar refractivity (Wildman–Crippen MR) is 63.5 cm³/mol. The maximum atomic E-state index is 9.93. The Morgan fingerprint density at radius 3 is 2.73 bits per heavy atom. The Bertz CT molecular complexity index is 361. The van der Waals surface area contributed by atoms with Crippen LogP contribution in [0.15, 0.2) is 18.2 Å². The van der Waals surface area contributed by atoms with Gasteiger partial charge < -0.3 is 10.4 Å². The van der Waals surface area contributed by atoms with Crippen LogP contribution < -0.4 is 5.32 Å². The third-order valence-electron chi connectivity index (χ3n) is 3.08. The van der Waals surface area contributed by atoms with Gasteiger partial charge in [-0.3, -0.25) is 0 Å². The van der Waals surface area contributed by atoms with Crippen LogP contribution in [0.3, 0.4) is 0 Å². The van der Waals surface area contributed by atoms with Crippen LogP contribution in [0.4, 0.5) is 5.69 Å². The molecule has 0 aromatic heterocycles. The highest BCUT2D eigenvalue weighted by Gasteiger charge is 2.33. The lowest BCUT2D eigenvalue weighted by Crippen LogP contribution is -2.43. The average molecular weight is 226 g/mol. The summed E-state index contributed by atoms with van der Waals surface area (Å²) >= 11 is 5.87. The van der Waals surface area contributed by atoms with E-state index in [1.165, 1.54) is 0 Å². The third-order valence-corrected chi connectivity index (χ3v) is 3.32. The lowest BCUT2D eigenvalue weighted by Gasteiger charge is -2.37. The van der Waals surface area contributed by atoms with Crippen LogP contribution in [-0.4, -0.2) is 17.3 Å². The molecule has 82 valence electrons. The number of hydrogen-bond acceptors (Lipinski definition) is 2. The molecule has 0 spiro atoms. The molecule has 0 aliphatic heterocycles. The zero-order chi connectivity index (χ0) is 10.9. The lowest BCUT2D eigenvalue weighted by atomic mass is 9.80. The van der Waals surface area contributed by atoms with Gasteiger partial charge in [-0.05, 0) is 49.9 Å². The highest BCUT2D eigenvalue weighted by Crippen LogP contribution is 2.32. The second kappa shape index (κ2) is 4.03. The fraction of sp³-hybridized carbons (Fsp3) is 0.500. The van der Waals surface area contributed by atoms with Crippen LogP contribution in [0.2, 0.25) is 5.02 Å². The summed E-state index contributed by atoms with van der Waals surface area (Å²) in [6.45, 7) is 2.65. The molecule has 0 bridgehead atoms. The maximum Gasteiger partial charge on any atom is 0.0819 e. The van der Waals surface area contributed by atoms with E-state index in [2.05, 4.69) is 5.32 Å². The minimum absolute atomic E-state index is 0.480. The first kappa shape index (κ1) is 10.8. The molecule has 1 aromatic rings. The molecule has 1 fully saturated rings. The second-order valence-corrected chi connectivity index (χ2v) is 4.83. The largest absolute Gasteiger partial charge is 0.388 e. The van der Waals surface area contributed by atoms with Crippen molar-refractivity contribution < 1.29 is 5.11 Å². The van der Waals surface area contributed by atoms with E-state index in [9.17, 15) is 5.11 Å². The summed E-state index contributed by atoms with van der Waals surface area (Å²) < 4.78 is 0. The molecule has 1 aliphatic rings. The van der Waals surface area contributed by atoms with Crippen LogP contribution in [0.5, 0.6) is 0 Å². The van der Waals surface area contributed by atoms with Gasteiger partial charge in [0.05, 0.1) is 5.60 Å². The molecular formula is C12H16ClNO. The molecular weight excluding hydrogens is 210 g/mol. The monoisotopic (exact) mass is 225 g/mol. The number of nitrogens with one attached hydrogen (secondary N) is 1. The summed E-state index contributed by atoms with van der Waals surface area (Å²) in [5.74, 6) is 0. The quantitative estimate of drug-likeness (QED) is 0.829. The molecule has 15 heavy (non-hydrogen) atoms. The van der Waals surface area contributed by atoms with Crippen LogP contribution >= 0.6 is 11.6 Å². The Hall–Kier alpha value is -0.730. The van der Waals surface area contributed by atoms with Crippen molar-refractivity contribution in [3.8, 4) is 0 Å². The second-order valence-electron chi connectivity index (χ2n) is 4.39. The van der Waals surface area contributed by atoms with Crippen molar-refractivity contribution in [3.63, 3.8) is 0 Å². The first-order chi connectivity index (χ1) is 7.09. The SMILES string of the molecule is Cc1cc(Cl)ccc1NCC1(O)CCC1. The molecule has 1 aromatic carbocycles. The van der Waals surface area contributed by atoms with Gasteiger partial charge >= 0.3 is 0 Å². The van der Waals surface area contributed by atoms with E-state index in [1.807, 2.05) is 25.1 Å². The van der Waals surface area contributed by atoms with E-state index in [0.717, 1.165) is 35.5 Å². The predicted octanol–water partition coefficient (Wildman–Crippen LogP) is 2.98. The van der Waals surface area contributed by atoms with Crippen LogP contribution in [-0.2, 0) is 0 Å². The van der Waals surface area contributed by atoms with Crippen molar-refractivity contribution in [2.75, 3.05) is 11.9 Å². The third kappa shape index (κ3) is 2.44. The van der Waals surface area contributed by atoms with Crippen molar-refractivity contribution >= 4 is 17.3 Å². The Kier molecular flexibility index (Phi) is 2.89. The smallest absolute Gasteiger partial charge is 0.0819 e. The van der Waals surface area contributed by atoms with Gasteiger partial charge in [0, 0.05) is 17.3 Å².